The number of carbonyl (C=O) groups is 1. The van der Waals surface area contributed by atoms with Gasteiger partial charge >= 0.3 is 5.97 Å². The minimum absolute atomic E-state index is 0.398. The minimum atomic E-state index is -0.398. The topological polar surface area (TPSA) is 74.3 Å². The lowest BCUT2D eigenvalue weighted by Crippen LogP contribution is -2.03. The lowest BCUT2D eigenvalue weighted by Gasteiger charge is -2.10. The Balaban J connectivity index is 1.63. The predicted molar refractivity (Wildman–Crippen MR) is 107 cm³/mol. The van der Waals surface area contributed by atoms with E-state index in [0.29, 0.717) is 17.0 Å². The van der Waals surface area contributed by atoms with Gasteiger partial charge in [-0.1, -0.05) is 30.0 Å². The molecule has 8 heteroatoms. The Labute approximate surface area is 166 Å². The van der Waals surface area contributed by atoms with E-state index >= 15 is 0 Å². The number of para-hydroxylation sites is 1. The maximum Gasteiger partial charge on any atom is 0.341 e. The molecular formula is C20H19N5O2S. The summed E-state index contributed by atoms with van der Waals surface area (Å²) in [6.45, 7) is 4.01. The van der Waals surface area contributed by atoms with E-state index < -0.39 is 5.97 Å². The number of fused-ring (bicyclic) bond motifs is 1. The molecule has 28 heavy (non-hydrogen) atoms. The summed E-state index contributed by atoms with van der Waals surface area (Å²) in [4.78, 5) is 16.6. The Kier molecular flexibility index (Phi) is 4.87. The average molecular weight is 393 g/mol. The van der Waals surface area contributed by atoms with Gasteiger partial charge in [0.25, 0.3) is 0 Å². The molecule has 0 atom stereocenters. The summed E-state index contributed by atoms with van der Waals surface area (Å²) < 4.78 is 8.73. The average Bonchev–Trinajstić information content (AvgIpc) is 3.29. The van der Waals surface area contributed by atoms with Gasteiger partial charge < -0.3 is 9.14 Å². The second kappa shape index (κ2) is 7.47. The first kappa shape index (κ1) is 18.2. The number of pyridine rings is 1. The van der Waals surface area contributed by atoms with Crippen molar-refractivity contribution in [1.82, 2.24) is 24.1 Å². The number of aryl methyl sites for hydroxylation is 2. The molecule has 0 radical (unpaired) electrons. The minimum Gasteiger partial charge on any atom is -0.465 e. The lowest BCUT2D eigenvalue weighted by molar-refractivity contribution is 0.0602. The zero-order valence-corrected chi connectivity index (χ0v) is 16.6. The second-order valence-electron chi connectivity index (χ2n) is 6.32. The van der Waals surface area contributed by atoms with Crippen molar-refractivity contribution in [3.8, 4) is 5.69 Å². The zero-order valence-electron chi connectivity index (χ0n) is 15.8. The van der Waals surface area contributed by atoms with Gasteiger partial charge in [-0.15, -0.1) is 10.2 Å². The quantitative estimate of drug-likeness (QED) is 0.381. The molecule has 0 fully saturated rings. The molecule has 0 amide bonds. The number of esters is 1. The standard InChI is InChI=1S/C20H19N5O2S/c1-13-7-4-5-9-17(13)25-14(2)22-23-20(25)28-12-15-11-24-10-6-8-16(18(24)21-15)19(26)27-3/h4-11H,12H2,1-3H3. The molecule has 4 aromatic rings. The van der Waals surface area contributed by atoms with Crippen LogP contribution in [0.2, 0.25) is 0 Å². The highest BCUT2D eigenvalue weighted by atomic mass is 32.2. The van der Waals surface area contributed by atoms with E-state index in [-0.39, 0.29) is 0 Å². The Hall–Kier alpha value is -3.13. The summed E-state index contributed by atoms with van der Waals surface area (Å²) in [6, 6.07) is 11.7. The fraction of sp³-hybridized carbons (Fsp3) is 0.200. The number of rotatable bonds is 5. The van der Waals surface area contributed by atoms with E-state index in [1.807, 2.05) is 35.9 Å². The molecule has 0 aliphatic heterocycles. The fourth-order valence-electron chi connectivity index (χ4n) is 3.07. The van der Waals surface area contributed by atoms with Crippen molar-refractivity contribution in [3.63, 3.8) is 0 Å². The second-order valence-corrected chi connectivity index (χ2v) is 7.26. The molecule has 0 unspecified atom stereocenters. The molecule has 4 rings (SSSR count). The summed E-state index contributed by atoms with van der Waals surface area (Å²) in [7, 11) is 1.37. The first-order valence-electron chi connectivity index (χ1n) is 8.74. The number of aromatic nitrogens is 5. The largest absolute Gasteiger partial charge is 0.465 e. The van der Waals surface area contributed by atoms with E-state index in [4.69, 9.17) is 4.74 Å². The van der Waals surface area contributed by atoms with Crippen molar-refractivity contribution < 1.29 is 9.53 Å². The lowest BCUT2D eigenvalue weighted by atomic mass is 10.2. The van der Waals surface area contributed by atoms with Crippen LogP contribution in [0.4, 0.5) is 0 Å². The maximum atomic E-state index is 11.9. The van der Waals surface area contributed by atoms with Gasteiger partial charge in [0.2, 0.25) is 0 Å². The van der Waals surface area contributed by atoms with Crippen molar-refractivity contribution in [3.05, 3.63) is 71.4 Å². The maximum absolute atomic E-state index is 11.9. The summed E-state index contributed by atoms with van der Waals surface area (Å²) in [5, 5.41) is 9.37. The number of ether oxygens (including phenoxy) is 1. The number of hydrogen-bond donors (Lipinski definition) is 0. The number of carbonyl (C=O) groups excluding carboxylic acids is 1. The van der Waals surface area contributed by atoms with Crippen LogP contribution in [-0.2, 0) is 10.5 Å². The SMILES string of the molecule is COC(=O)c1cccn2cc(CSc3nnc(C)n3-c3ccccc3C)nc12. The molecule has 142 valence electrons. The molecule has 0 spiro atoms. The molecule has 0 aliphatic rings. The third kappa shape index (κ3) is 3.27. The molecule has 0 N–H and O–H groups in total. The van der Waals surface area contributed by atoms with E-state index in [9.17, 15) is 4.79 Å². The number of imidazole rings is 1. The molecule has 0 aliphatic carbocycles. The number of hydrogen-bond acceptors (Lipinski definition) is 6. The van der Waals surface area contributed by atoms with Gasteiger partial charge in [0, 0.05) is 18.1 Å². The van der Waals surface area contributed by atoms with Crippen molar-refractivity contribution in [1.29, 1.82) is 0 Å². The van der Waals surface area contributed by atoms with Crippen LogP contribution in [0.5, 0.6) is 0 Å². The van der Waals surface area contributed by atoms with Gasteiger partial charge in [-0.2, -0.15) is 0 Å². The van der Waals surface area contributed by atoms with Gasteiger partial charge in [0.1, 0.15) is 11.4 Å². The van der Waals surface area contributed by atoms with Crippen LogP contribution in [0, 0.1) is 13.8 Å². The summed E-state index contributed by atoms with van der Waals surface area (Å²) in [5.41, 5.74) is 4.10. The Morgan fingerprint density at radius 2 is 1.96 bits per heavy atom. The van der Waals surface area contributed by atoms with Crippen molar-refractivity contribution in [2.45, 2.75) is 24.8 Å². The third-order valence-electron chi connectivity index (χ3n) is 4.44. The normalized spacial score (nSPS) is 11.1. The van der Waals surface area contributed by atoms with Crippen LogP contribution < -0.4 is 0 Å². The van der Waals surface area contributed by atoms with Gasteiger partial charge in [0.05, 0.1) is 18.5 Å². The van der Waals surface area contributed by atoms with Gasteiger partial charge in [-0.25, -0.2) is 9.78 Å². The van der Waals surface area contributed by atoms with E-state index in [1.54, 1.807) is 23.9 Å². The third-order valence-corrected chi connectivity index (χ3v) is 5.40. The van der Waals surface area contributed by atoms with E-state index in [2.05, 4.69) is 38.8 Å². The molecule has 0 saturated heterocycles. The first-order chi connectivity index (χ1) is 13.6. The molecule has 7 nitrogen and oxygen atoms in total. The van der Waals surface area contributed by atoms with Crippen molar-refractivity contribution in [2.75, 3.05) is 7.11 Å². The van der Waals surface area contributed by atoms with Crippen LogP contribution in [0.1, 0.15) is 27.4 Å². The number of benzene rings is 1. The smallest absolute Gasteiger partial charge is 0.341 e. The van der Waals surface area contributed by atoms with E-state index in [0.717, 1.165) is 27.9 Å². The molecule has 0 saturated carbocycles. The fourth-order valence-corrected chi connectivity index (χ4v) is 3.94. The van der Waals surface area contributed by atoms with Crippen LogP contribution in [0.25, 0.3) is 11.3 Å². The summed E-state index contributed by atoms with van der Waals surface area (Å²) in [5.74, 6) is 1.04. The highest BCUT2D eigenvalue weighted by Crippen LogP contribution is 2.26. The van der Waals surface area contributed by atoms with Crippen LogP contribution in [-0.4, -0.2) is 37.2 Å². The van der Waals surface area contributed by atoms with Crippen LogP contribution in [0.3, 0.4) is 0 Å². The number of nitrogens with zero attached hydrogens (tertiary/aromatic N) is 5. The Morgan fingerprint density at radius 1 is 1.14 bits per heavy atom. The first-order valence-corrected chi connectivity index (χ1v) is 9.73. The predicted octanol–water partition coefficient (Wildman–Crippen LogP) is 3.61. The zero-order chi connectivity index (χ0) is 19.7. The Bertz CT molecular complexity index is 1160. The van der Waals surface area contributed by atoms with Crippen molar-refractivity contribution >= 4 is 23.4 Å². The van der Waals surface area contributed by atoms with Gasteiger partial charge in [0.15, 0.2) is 10.8 Å². The number of methoxy groups -OCH3 is 1. The van der Waals surface area contributed by atoms with Gasteiger partial charge in [-0.05, 0) is 37.6 Å². The Morgan fingerprint density at radius 3 is 2.75 bits per heavy atom. The molecular weight excluding hydrogens is 374 g/mol. The van der Waals surface area contributed by atoms with E-state index in [1.165, 1.54) is 7.11 Å². The monoisotopic (exact) mass is 393 g/mol. The van der Waals surface area contributed by atoms with Crippen LogP contribution >= 0.6 is 11.8 Å². The van der Waals surface area contributed by atoms with Crippen molar-refractivity contribution in [2.24, 2.45) is 0 Å². The highest BCUT2D eigenvalue weighted by Gasteiger charge is 2.16. The molecule has 1 aromatic carbocycles. The molecule has 0 bridgehead atoms. The molecule has 3 aromatic heterocycles. The highest BCUT2D eigenvalue weighted by molar-refractivity contribution is 7.98. The van der Waals surface area contributed by atoms with Gasteiger partial charge in [-0.3, -0.25) is 4.57 Å². The number of thioether (sulfide) groups is 1. The summed E-state index contributed by atoms with van der Waals surface area (Å²) in [6.07, 6.45) is 3.78. The van der Waals surface area contributed by atoms with Crippen LogP contribution in [0.15, 0.2) is 53.9 Å². The molecule has 3 heterocycles. The summed E-state index contributed by atoms with van der Waals surface area (Å²) >= 11 is 1.56.